The number of nitrogens with one attached hydrogen (secondary N) is 2. The van der Waals surface area contributed by atoms with Crippen LogP contribution >= 0.6 is 11.3 Å². The average Bonchev–Trinajstić information content (AvgIpc) is 3.00. The molecule has 0 spiro atoms. The minimum Gasteiger partial charge on any atom is -0.393 e. The van der Waals surface area contributed by atoms with Crippen LogP contribution in [0.3, 0.4) is 0 Å². The first kappa shape index (κ1) is 17.8. The topological polar surface area (TPSA) is 74.2 Å². The molecule has 0 radical (unpaired) electrons. The van der Waals surface area contributed by atoms with Gasteiger partial charge in [-0.05, 0) is 49.8 Å². The molecule has 1 fully saturated rings. The molecule has 1 aliphatic rings. The first-order chi connectivity index (χ1) is 12.0. The SMILES string of the molecule is Cc1ccc(Cc2cnc(NC(=O)NC3CCC(O)CC3)s2)cc1F. The number of carbonyl (C=O) groups excluding carboxylic acids is 1. The van der Waals surface area contributed by atoms with Gasteiger partial charge in [-0.1, -0.05) is 12.1 Å². The highest BCUT2D eigenvalue weighted by Gasteiger charge is 2.21. The van der Waals surface area contributed by atoms with E-state index >= 15 is 0 Å². The number of aliphatic hydroxyl groups excluding tert-OH is 1. The van der Waals surface area contributed by atoms with E-state index in [0.29, 0.717) is 17.1 Å². The van der Waals surface area contributed by atoms with Crippen molar-refractivity contribution in [2.75, 3.05) is 5.32 Å². The summed E-state index contributed by atoms with van der Waals surface area (Å²) in [6, 6.07) is 5.02. The Morgan fingerprint density at radius 3 is 2.84 bits per heavy atom. The number of nitrogens with zero attached hydrogens (tertiary/aromatic N) is 1. The summed E-state index contributed by atoms with van der Waals surface area (Å²) in [7, 11) is 0. The van der Waals surface area contributed by atoms with Gasteiger partial charge in [0, 0.05) is 23.5 Å². The van der Waals surface area contributed by atoms with E-state index in [2.05, 4.69) is 15.6 Å². The Bertz CT molecular complexity index is 742. The third kappa shape index (κ3) is 4.99. The van der Waals surface area contributed by atoms with Gasteiger partial charge >= 0.3 is 6.03 Å². The molecule has 0 saturated heterocycles. The Kier molecular flexibility index (Phi) is 5.65. The molecule has 1 saturated carbocycles. The van der Waals surface area contributed by atoms with E-state index < -0.39 is 0 Å². The van der Waals surface area contributed by atoms with Gasteiger partial charge in [0.1, 0.15) is 5.82 Å². The van der Waals surface area contributed by atoms with Crippen molar-refractivity contribution >= 4 is 22.5 Å². The third-order valence-corrected chi connectivity index (χ3v) is 5.33. The summed E-state index contributed by atoms with van der Waals surface area (Å²) in [4.78, 5) is 17.2. The highest BCUT2D eigenvalue weighted by Crippen LogP contribution is 2.23. The van der Waals surface area contributed by atoms with Gasteiger partial charge in [-0.2, -0.15) is 0 Å². The Morgan fingerprint density at radius 2 is 2.12 bits per heavy atom. The summed E-state index contributed by atoms with van der Waals surface area (Å²) in [5, 5.41) is 15.7. The number of urea groups is 1. The second-order valence-corrected chi connectivity index (χ2v) is 7.61. The molecule has 0 bridgehead atoms. The number of hydrogen-bond donors (Lipinski definition) is 3. The number of carbonyl (C=O) groups is 1. The number of aromatic nitrogens is 1. The molecule has 2 aromatic rings. The minimum atomic E-state index is -0.274. The van der Waals surface area contributed by atoms with Crippen LogP contribution in [0.1, 0.15) is 41.7 Å². The van der Waals surface area contributed by atoms with E-state index in [1.165, 1.54) is 17.4 Å². The van der Waals surface area contributed by atoms with Crippen molar-refractivity contribution in [1.82, 2.24) is 10.3 Å². The normalized spacial score (nSPS) is 20.3. The van der Waals surface area contributed by atoms with Gasteiger partial charge in [0.15, 0.2) is 5.13 Å². The number of anilines is 1. The van der Waals surface area contributed by atoms with Crippen LogP contribution < -0.4 is 10.6 Å². The first-order valence-electron chi connectivity index (χ1n) is 8.45. The molecular formula is C18H22FN3O2S. The van der Waals surface area contributed by atoms with Crippen molar-refractivity contribution in [3.05, 3.63) is 46.2 Å². The van der Waals surface area contributed by atoms with Crippen molar-refractivity contribution in [3.63, 3.8) is 0 Å². The van der Waals surface area contributed by atoms with Gasteiger partial charge in [0.25, 0.3) is 0 Å². The van der Waals surface area contributed by atoms with Gasteiger partial charge in [-0.25, -0.2) is 14.2 Å². The minimum absolute atomic E-state index is 0.0957. The fourth-order valence-corrected chi connectivity index (χ4v) is 3.78. The zero-order valence-corrected chi connectivity index (χ0v) is 14.9. The van der Waals surface area contributed by atoms with E-state index in [1.807, 2.05) is 6.07 Å². The molecule has 25 heavy (non-hydrogen) atoms. The summed E-state index contributed by atoms with van der Waals surface area (Å²) in [5.41, 5.74) is 1.51. The quantitative estimate of drug-likeness (QED) is 0.777. The number of halogens is 1. The van der Waals surface area contributed by atoms with Crippen molar-refractivity contribution < 1.29 is 14.3 Å². The van der Waals surface area contributed by atoms with E-state index in [0.717, 1.165) is 36.1 Å². The van der Waals surface area contributed by atoms with Crippen LogP contribution in [0.4, 0.5) is 14.3 Å². The monoisotopic (exact) mass is 363 g/mol. The Morgan fingerprint density at radius 1 is 1.36 bits per heavy atom. The number of amides is 2. The maximum absolute atomic E-state index is 13.6. The van der Waals surface area contributed by atoms with Gasteiger partial charge in [0.05, 0.1) is 6.10 Å². The summed E-state index contributed by atoms with van der Waals surface area (Å²) in [5.74, 6) is -0.211. The number of hydrogen-bond acceptors (Lipinski definition) is 4. The smallest absolute Gasteiger partial charge is 0.321 e. The molecule has 134 valence electrons. The van der Waals surface area contributed by atoms with E-state index in [4.69, 9.17) is 0 Å². The van der Waals surface area contributed by atoms with Crippen LogP contribution in [0.15, 0.2) is 24.4 Å². The average molecular weight is 363 g/mol. The van der Waals surface area contributed by atoms with E-state index in [1.54, 1.807) is 19.2 Å². The van der Waals surface area contributed by atoms with Gasteiger partial charge < -0.3 is 10.4 Å². The molecule has 1 aliphatic carbocycles. The molecule has 5 nitrogen and oxygen atoms in total. The molecule has 7 heteroatoms. The fourth-order valence-electron chi connectivity index (χ4n) is 2.93. The molecule has 2 amide bonds. The van der Waals surface area contributed by atoms with Crippen molar-refractivity contribution in [2.45, 2.75) is 51.2 Å². The molecule has 1 aromatic heterocycles. The van der Waals surface area contributed by atoms with Crippen LogP contribution in [0.5, 0.6) is 0 Å². The highest BCUT2D eigenvalue weighted by atomic mass is 32.1. The number of benzene rings is 1. The van der Waals surface area contributed by atoms with Crippen molar-refractivity contribution in [3.8, 4) is 0 Å². The fraction of sp³-hybridized carbons (Fsp3) is 0.444. The van der Waals surface area contributed by atoms with Crippen LogP contribution in [0.25, 0.3) is 0 Å². The summed E-state index contributed by atoms with van der Waals surface area (Å²) in [6.07, 6.45) is 5.06. The van der Waals surface area contributed by atoms with Crippen molar-refractivity contribution in [2.24, 2.45) is 0 Å². The van der Waals surface area contributed by atoms with Gasteiger partial charge in [-0.3, -0.25) is 5.32 Å². The lowest BCUT2D eigenvalue weighted by molar-refractivity contribution is 0.118. The predicted octanol–water partition coefficient (Wildman–Crippen LogP) is 3.61. The molecule has 1 heterocycles. The third-order valence-electron chi connectivity index (χ3n) is 4.42. The van der Waals surface area contributed by atoms with E-state index in [9.17, 15) is 14.3 Å². The molecule has 3 N–H and O–H groups in total. The second-order valence-electron chi connectivity index (χ2n) is 6.50. The Balaban J connectivity index is 1.52. The molecule has 0 unspecified atom stereocenters. The lowest BCUT2D eigenvalue weighted by Crippen LogP contribution is -2.40. The number of aryl methyl sites for hydroxylation is 1. The standard InChI is InChI=1S/C18H22FN3O2S/c1-11-2-3-12(9-16(11)19)8-15-10-20-18(25-15)22-17(24)21-13-4-6-14(23)7-5-13/h2-3,9-10,13-14,23H,4-8H2,1H3,(H2,20,21,22,24). The Hall–Kier alpha value is -1.99. The summed E-state index contributed by atoms with van der Waals surface area (Å²) >= 11 is 1.38. The van der Waals surface area contributed by atoms with Crippen LogP contribution in [0, 0.1) is 12.7 Å². The zero-order chi connectivity index (χ0) is 17.8. The number of thiazole rings is 1. The van der Waals surface area contributed by atoms with Crippen molar-refractivity contribution in [1.29, 1.82) is 0 Å². The zero-order valence-electron chi connectivity index (χ0n) is 14.1. The number of rotatable bonds is 4. The van der Waals surface area contributed by atoms with Crippen LogP contribution in [0.2, 0.25) is 0 Å². The maximum Gasteiger partial charge on any atom is 0.321 e. The molecule has 1 aromatic carbocycles. The Labute approximate surface area is 150 Å². The van der Waals surface area contributed by atoms with Gasteiger partial charge in [0.2, 0.25) is 0 Å². The summed E-state index contributed by atoms with van der Waals surface area (Å²) in [6.45, 7) is 1.74. The largest absolute Gasteiger partial charge is 0.393 e. The maximum atomic E-state index is 13.6. The molecular weight excluding hydrogens is 341 g/mol. The lowest BCUT2D eigenvalue weighted by Gasteiger charge is -2.25. The predicted molar refractivity (Wildman–Crippen MR) is 96.5 cm³/mol. The van der Waals surface area contributed by atoms with Gasteiger partial charge in [-0.15, -0.1) is 11.3 Å². The second kappa shape index (κ2) is 7.93. The highest BCUT2D eigenvalue weighted by molar-refractivity contribution is 7.15. The molecule has 0 atom stereocenters. The van der Waals surface area contributed by atoms with Crippen LogP contribution in [-0.2, 0) is 6.42 Å². The number of aliphatic hydroxyl groups is 1. The summed E-state index contributed by atoms with van der Waals surface area (Å²) < 4.78 is 13.6. The van der Waals surface area contributed by atoms with Crippen LogP contribution in [-0.4, -0.2) is 28.3 Å². The molecule has 0 aliphatic heterocycles. The molecule has 3 rings (SSSR count). The van der Waals surface area contributed by atoms with E-state index in [-0.39, 0.29) is 24.0 Å². The first-order valence-corrected chi connectivity index (χ1v) is 9.26. The lowest BCUT2D eigenvalue weighted by atomic mass is 9.93.